The van der Waals surface area contributed by atoms with E-state index in [0.717, 1.165) is 16.0 Å². The van der Waals surface area contributed by atoms with E-state index >= 15 is 0 Å². The van der Waals surface area contributed by atoms with Gasteiger partial charge in [-0.15, -0.1) is 0 Å². The molecule has 0 spiro atoms. The van der Waals surface area contributed by atoms with Crippen molar-refractivity contribution < 1.29 is 24.3 Å². The first-order chi connectivity index (χ1) is 13.8. The summed E-state index contributed by atoms with van der Waals surface area (Å²) in [4.78, 5) is 52.6. The van der Waals surface area contributed by atoms with Crippen LogP contribution in [0.25, 0.3) is 0 Å². The number of aryl methyl sites for hydroxylation is 2. The van der Waals surface area contributed by atoms with Gasteiger partial charge in [-0.05, 0) is 62.1 Å². The second-order valence-corrected chi connectivity index (χ2v) is 7.49. The molecule has 7 heteroatoms. The van der Waals surface area contributed by atoms with Crippen LogP contribution in [0.3, 0.4) is 0 Å². The van der Waals surface area contributed by atoms with Crippen molar-refractivity contribution >= 4 is 29.4 Å². The molecule has 2 aliphatic heterocycles. The van der Waals surface area contributed by atoms with Crippen molar-refractivity contribution in [3.05, 3.63) is 64.2 Å². The molecule has 0 aromatic heterocycles. The number of hydrogen-bond acceptors (Lipinski definition) is 4. The minimum absolute atomic E-state index is 0.160. The number of imide groups is 1. The molecule has 1 unspecified atom stereocenters. The van der Waals surface area contributed by atoms with E-state index in [0.29, 0.717) is 25.1 Å². The maximum atomic E-state index is 13.0. The monoisotopic (exact) mass is 392 g/mol. The van der Waals surface area contributed by atoms with Crippen LogP contribution in [0.15, 0.2) is 36.4 Å². The first kappa shape index (κ1) is 18.9. The smallest absolute Gasteiger partial charge is 0.326 e. The number of carboxylic acids is 1. The summed E-state index contributed by atoms with van der Waals surface area (Å²) in [5.74, 6) is -2.39. The van der Waals surface area contributed by atoms with Crippen LogP contribution in [-0.2, 0) is 4.79 Å². The van der Waals surface area contributed by atoms with Crippen molar-refractivity contribution in [3.8, 4) is 0 Å². The standard InChI is InChI=1S/C22H20N2O5/c1-12-5-6-13(2)18(10-12)24-20(26)15-8-7-14(11-16(15)21(24)27)19(25)23-9-3-4-17(23)22(28)29/h5-8,10-11,17H,3-4,9H2,1-2H3,(H,28,29). The summed E-state index contributed by atoms with van der Waals surface area (Å²) in [6, 6.07) is 9.03. The number of anilines is 1. The summed E-state index contributed by atoms with van der Waals surface area (Å²) >= 11 is 0. The number of amides is 3. The zero-order valence-electron chi connectivity index (χ0n) is 16.1. The number of carbonyl (C=O) groups is 4. The summed E-state index contributed by atoms with van der Waals surface area (Å²) < 4.78 is 0. The Morgan fingerprint density at radius 2 is 1.72 bits per heavy atom. The van der Waals surface area contributed by atoms with Gasteiger partial charge in [-0.2, -0.15) is 0 Å². The van der Waals surface area contributed by atoms with Crippen molar-refractivity contribution in [2.75, 3.05) is 11.4 Å². The number of fused-ring (bicyclic) bond motifs is 1. The third kappa shape index (κ3) is 2.99. The van der Waals surface area contributed by atoms with Gasteiger partial charge in [0.15, 0.2) is 0 Å². The van der Waals surface area contributed by atoms with Crippen LogP contribution in [-0.4, -0.2) is 46.3 Å². The van der Waals surface area contributed by atoms with Gasteiger partial charge in [0.1, 0.15) is 6.04 Å². The number of benzene rings is 2. The van der Waals surface area contributed by atoms with E-state index < -0.39 is 29.7 Å². The second kappa shape index (κ2) is 6.84. The van der Waals surface area contributed by atoms with Crippen LogP contribution >= 0.6 is 0 Å². The maximum Gasteiger partial charge on any atom is 0.326 e. The fourth-order valence-corrected chi connectivity index (χ4v) is 3.99. The normalized spacial score (nSPS) is 18.3. The van der Waals surface area contributed by atoms with Gasteiger partial charge in [0.05, 0.1) is 16.8 Å². The van der Waals surface area contributed by atoms with Gasteiger partial charge < -0.3 is 10.0 Å². The number of nitrogens with zero attached hydrogens (tertiary/aromatic N) is 2. The average Bonchev–Trinajstić information content (AvgIpc) is 3.27. The van der Waals surface area contributed by atoms with Crippen LogP contribution < -0.4 is 4.90 Å². The number of hydrogen-bond donors (Lipinski definition) is 1. The van der Waals surface area contributed by atoms with Gasteiger partial charge in [-0.3, -0.25) is 14.4 Å². The predicted octanol–water partition coefficient (Wildman–Crippen LogP) is 2.79. The molecule has 1 N–H and O–H groups in total. The van der Waals surface area contributed by atoms with Crippen LogP contribution in [0.4, 0.5) is 5.69 Å². The molecule has 3 amide bonds. The highest BCUT2D eigenvalue weighted by Crippen LogP contribution is 2.32. The first-order valence-corrected chi connectivity index (χ1v) is 9.43. The first-order valence-electron chi connectivity index (χ1n) is 9.43. The van der Waals surface area contributed by atoms with Gasteiger partial charge in [0.2, 0.25) is 0 Å². The fraction of sp³-hybridized carbons (Fsp3) is 0.273. The predicted molar refractivity (Wildman–Crippen MR) is 105 cm³/mol. The van der Waals surface area contributed by atoms with Crippen LogP contribution in [0.1, 0.15) is 55.0 Å². The van der Waals surface area contributed by atoms with Gasteiger partial charge in [0, 0.05) is 12.1 Å². The van der Waals surface area contributed by atoms with E-state index in [-0.39, 0.29) is 16.7 Å². The molecule has 0 radical (unpaired) electrons. The molecule has 1 fully saturated rings. The molecule has 1 atom stereocenters. The summed E-state index contributed by atoms with van der Waals surface area (Å²) in [6.07, 6.45) is 1.02. The van der Waals surface area contributed by atoms with E-state index in [1.54, 1.807) is 6.07 Å². The molecule has 2 aromatic rings. The Labute approximate surface area is 167 Å². The lowest BCUT2D eigenvalue weighted by molar-refractivity contribution is -0.141. The van der Waals surface area contributed by atoms with E-state index in [4.69, 9.17) is 0 Å². The molecule has 29 heavy (non-hydrogen) atoms. The lowest BCUT2D eigenvalue weighted by atomic mass is 10.0. The summed E-state index contributed by atoms with van der Waals surface area (Å²) in [5.41, 5.74) is 2.85. The second-order valence-electron chi connectivity index (χ2n) is 7.49. The van der Waals surface area contributed by atoms with E-state index in [1.165, 1.54) is 23.1 Å². The summed E-state index contributed by atoms with van der Waals surface area (Å²) in [5, 5.41) is 9.32. The van der Waals surface area contributed by atoms with Crippen molar-refractivity contribution in [3.63, 3.8) is 0 Å². The van der Waals surface area contributed by atoms with Gasteiger partial charge in [0.25, 0.3) is 17.7 Å². The zero-order valence-corrected chi connectivity index (χ0v) is 16.1. The molecular formula is C22H20N2O5. The third-order valence-electron chi connectivity index (χ3n) is 5.54. The van der Waals surface area contributed by atoms with Crippen molar-refractivity contribution in [1.29, 1.82) is 0 Å². The van der Waals surface area contributed by atoms with Crippen LogP contribution in [0.5, 0.6) is 0 Å². The Morgan fingerprint density at radius 1 is 1.00 bits per heavy atom. The Morgan fingerprint density at radius 3 is 2.45 bits per heavy atom. The number of aliphatic carboxylic acids is 1. The average molecular weight is 392 g/mol. The van der Waals surface area contributed by atoms with Crippen LogP contribution in [0.2, 0.25) is 0 Å². The van der Waals surface area contributed by atoms with E-state index in [2.05, 4.69) is 0 Å². The molecule has 2 heterocycles. The third-order valence-corrected chi connectivity index (χ3v) is 5.54. The lowest BCUT2D eigenvalue weighted by Crippen LogP contribution is -2.40. The van der Waals surface area contributed by atoms with Gasteiger partial charge in [-0.1, -0.05) is 12.1 Å². The van der Waals surface area contributed by atoms with Crippen molar-refractivity contribution in [2.24, 2.45) is 0 Å². The fourth-order valence-electron chi connectivity index (χ4n) is 3.99. The molecule has 2 aromatic carbocycles. The molecule has 1 saturated heterocycles. The number of rotatable bonds is 3. The Kier molecular flexibility index (Phi) is 4.45. The quantitative estimate of drug-likeness (QED) is 0.811. The Balaban J connectivity index is 1.70. The molecule has 2 aliphatic rings. The van der Waals surface area contributed by atoms with Gasteiger partial charge in [-0.25, -0.2) is 9.69 Å². The van der Waals surface area contributed by atoms with E-state index in [9.17, 15) is 24.3 Å². The summed E-state index contributed by atoms with van der Waals surface area (Å²) in [6.45, 7) is 4.06. The largest absolute Gasteiger partial charge is 0.480 e. The summed E-state index contributed by atoms with van der Waals surface area (Å²) in [7, 11) is 0. The van der Waals surface area contributed by atoms with Gasteiger partial charge >= 0.3 is 5.97 Å². The highest BCUT2D eigenvalue weighted by Gasteiger charge is 2.39. The molecular weight excluding hydrogens is 372 g/mol. The molecule has 7 nitrogen and oxygen atoms in total. The molecule has 0 bridgehead atoms. The highest BCUT2D eigenvalue weighted by molar-refractivity contribution is 6.35. The number of carboxylic acid groups (broad SMARTS) is 1. The number of likely N-dealkylation sites (tertiary alicyclic amines) is 1. The molecule has 0 aliphatic carbocycles. The Hall–Kier alpha value is -3.48. The van der Waals surface area contributed by atoms with Crippen molar-refractivity contribution in [2.45, 2.75) is 32.7 Å². The Bertz CT molecular complexity index is 1070. The SMILES string of the molecule is Cc1ccc(C)c(N2C(=O)c3ccc(C(=O)N4CCCC4C(=O)O)cc3C2=O)c1. The molecule has 148 valence electrons. The van der Waals surface area contributed by atoms with Crippen LogP contribution in [0, 0.1) is 13.8 Å². The number of carbonyl (C=O) groups excluding carboxylic acids is 3. The zero-order chi connectivity index (χ0) is 20.9. The minimum atomic E-state index is -1.04. The molecule has 0 saturated carbocycles. The topological polar surface area (TPSA) is 95.0 Å². The minimum Gasteiger partial charge on any atom is -0.480 e. The van der Waals surface area contributed by atoms with Crippen molar-refractivity contribution in [1.82, 2.24) is 4.90 Å². The van der Waals surface area contributed by atoms with E-state index in [1.807, 2.05) is 26.0 Å². The lowest BCUT2D eigenvalue weighted by Gasteiger charge is -2.21. The highest BCUT2D eigenvalue weighted by atomic mass is 16.4. The maximum absolute atomic E-state index is 13.0. The molecule has 4 rings (SSSR count).